The van der Waals surface area contributed by atoms with Crippen molar-refractivity contribution in [1.29, 1.82) is 0 Å². The molecule has 0 aromatic carbocycles. The maximum absolute atomic E-state index is 13.4. The number of alkyl halides is 3. The number of alkyl carbamates (subject to hydrolysis) is 1. The van der Waals surface area contributed by atoms with Gasteiger partial charge in [0.25, 0.3) is 0 Å². The minimum absolute atomic E-state index is 0.0489. The lowest BCUT2D eigenvalue weighted by Gasteiger charge is -2.32. The van der Waals surface area contributed by atoms with Crippen molar-refractivity contribution in [3.63, 3.8) is 0 Å². The Kier molecular flexibility index (Phi) is 8.39. The number of aromatic nitrogens is 1. The van der Waals surface area contributed by atoms with Gasteiger partial charge in [0, 0.05) is 12.1 Å². The Morgan fingerprint density at radius 1 is 1.11 bits per heavy atom. The van der Waals surface area contributed by atoms with Crippen LogP contribution in [0.2, 0.25) is 0 Å². The maximum Gasteiger partial charge on any atom is 0.416 e. The zero-order chi connectivity index (χ0) is 26.8. The van der Waals surface area contributed by atoms with E-state index in [2.05, 4.69) is 15.6 Å². The quantitative estimate of drug-likeness (QED) is 0.529. The van der Waals surface area contributed by atoms with E-state index >= 15 is 0 Å². The van der Waals surface area contributed by atoms with Crippen molar-refractivity contribution in [3.05, 3.63) is 23.4 Å². The molecule has 1 aliphatic rings. The fraction of sp³-hybridized carbons (Fsp3) is 0.720. The number of amides is 2. The first-order chi connectivity index (χ1) is 15.8. The average Bonchev–Trinajstić information content (AvgIpc) is 3.07. The fourth-order valence-corrected chi connectivity index (χ4v) is 4.19. The van der Waals surface area contributed by atoms with Gasteiger partial charge in [0.1, 0.15) is 11.2 Å². The molecule has 2 unspecified atom stereocenters. The predicted molar refractivity (Wildman–Crippen MR) is 126 cm³/mol. The van der Waals surface area contributed by atoms with Crippen LogP contribution in [0.3, 0.4) is 0 Å². The molecule has 0 spiro atoms. The van der Waals surface area contributed by atoms with E-state index in [4.69, 9.17) is 9.47 Å². The van der Waals surface area contributed by atoms with Crippen LogP contribution in [0, 0.1) is 11.3 Å². The Hall–Kier alpha value is -2.52. The first-order valence-electron chi connectivity index (χ1n) is 11.9. The van der Waals surface area contributed by atoms with Crippen molar-refractivity contribution in [2.24, 2.45) is 11.3 Å². The molecule has 7 nitrogen and oxygen atoms in total. The lowest BCUT2D eigenvalue weighted by atomic mass is 9.74. The van der Waals surface area contributed by atoms with Gasteiger partial charge in [-0.2, -0.15) is 13.2 Å². The van der Waals surface area contributed by atoms with Crippen LogP contribution in [-0.4, -0.2) is 34.2 Å². The SMILES string of the molecule is CC(C)C1(C(=O)NCc2cc(C(F)(F)F)cc(OC(C)(C)C)n2)CCC(NC(=O)OC(C)(C)C)C1. The molecular formula is C25H38F3N3O4. The molecule has 1 aromatic rings. The molecule has 0 bridgehead atoms. The molecule has 1 saturated carbocycles. The summed E-state index contributed by atoms with van der Waals surface area (Å²) in [5.74, 6) is -0.488. The van der Waals surface area contributed by atoms with Gasteiger partial charge in [0.2, 0.25) is 11.8 Å². The Balaban J connectivity index is 2.16. The Morgan fingerprint density at radius 2 is 1.74 bits per heavy atom. The van der Waals surface area contributed by atoms with Crippen LogP contribution in [0.15, 0.2) is 12.1 Å². The average molecular weight is 502 g/mol. The van der Waals surface area contributed by atoms with Crippen molar-refractivity contribution in [2.75, 3.05) is 0 Å². The van der Waals surface area contributed by atoms with E-state index < -0.39 is 34.5 Å². The smallest absolute Gasteiger partial charge is 0.416 e. The number of nitrogens with one attached hydrogen (secondary N) is 2. The molecule has 1 heterocycles. The minimum atomic E-state index is -4.58. The van der Waals surface area contributed by atoms with Gasteiger partial charge in [0.05, 0.1) is 23.2 Å². The van der Waals surface area contributed by atoms with E-state index in [0.717, 1.165) is 12.1 Å². The van der Waals surface area contributed by atoms with Crippen LogP contribution < -0.4 is 15.4 Å². The zero-order valence-corrected chi connectivity index (χ0v) is 21.9. The van der Waals surface area contributed by atoms with E-state index in [1.165, 1.54) is 0 Å². The van der Waals surface area contributed by atoms with Crippen molar-refractivity contribution in [2.45, 2.75) is 105 Å². The number of halogens is 3. The van der Waals surface area contributed by atoms with Crippen LogP contribution in [0.5, 0.6) is 5.88 Å². The second-order valence-corrected chi connectivity index (χ2v) is 11.5. The Labute approximate surface area is 205 Å². The molecule has 1 aliphatic carbocycles. The number of pyridine rings is 1. The molecule has 1 fully saturated rings. The lowest BCUT2D eigenvalue weighted by molar-refractivity contribution is -0.137. The molecule has 35 heavy (non-hydrogen) atoms. The van der Waals surface area contributed by atoms with Crippen LogP contribution in [0.1, 0.15) is 85.9 Å². The van der Waals surface area contributed by atoms with Gasteiger partial charge in [-0.3, -0.25) is 4.79 Å². The Morgan fingerprint density at radius 3 is 2.26 bits per heavy atom. The van der Waals surface area contributed by atoms with Gasteiger partial charge in [-0.1, -0.05) is 13.8 Å². The summed E-state index contributed by atoms with van der Waals surface area (Å²) >= 11 is 0. The van der Waals surface area contributed by atoms with Crippen molar-refractivity contribution >= 4 is 12.0 Å². The van der Waals surface area contributed by atoms with Crippen molar-refractivity contribution in [1.82, 2.24) is 15.6 Å². The maximum atomic E-state index is 13.4. The molecule has 2 amide bonds. The van der Waals surface area contributed by atoms with Crippen molar-refractivity contribution < 1.29 is 32.2 Å². The highest BCUT2D eigenvalue weighted by atomic mass is 19.4. The lowest BCUT2D eigenvalue weighted by Crippen LogP contribution is -2.45. The summed E-state index contributed by atoms with van der Waals surface area (Å²) in [7, 11) is 0. The van der Waals surface area contributed by atoms with Gasteiger partial charge in [0.15, 0.2) is 0 Å². The van der Waals surface area contributed by atoms with Crippen molar-refractivity contribution in [3.8, 4) is 5.88 Å². The molecule has 2 N–H and O–H groups in total. The second kappa shape index (κ2) is 10.2. The largest absolute Gasteiger partial charge is 0.472 e. The van der Waals surface area contributed by atoms with E-state index in [1.807, 2.05) is 13.8 Å². The Bertz CT molecular complexity index is 920. The summed E-state index contributed by atoms with van der Waals surface area (Å²) in [5.41, 5.74) is -2.99. The van der Waals surface area contributed by atoms with Gasteiger partial charge in [-0.25, -0.2) is 9.78 Å². The monoisotopic (exact) mass is 501 g/mol. The van der Waals surface area contributed by atoms with Gasteiger partial charge < -0.3 is 20.1 Å². The molecule has 198 valence electrons. The van der Waals surface area contributed by atoms with Crippen LogP contribution in [-0.2, 0) is 22.3 Å². The predicted octanol–water partition coefficient (Wildman–Crippen LogP) is 5.61. The van der Waals surface area contributed by atoms with Gasteiger partial charge in [-0.15, -0.1) is 0 Å². The summed E-state index contributed by atoms with van der Waals surface area (Å²) in [6, 6.07) is 1.53. The van der Waals surface area contributed by atoms with E-state index in [0.29, 0.717) is 19.3 Å². The molecule has 0 radical (unpaired) electrons. The second-order valence-electron chi connectivity index (χ2n) is 11.5. The summed E-state index contributed by atoms with van der Waals surface area (Å²) in [6.45, 7) is 14.1. The number of ether oxygens (including phenoxy) is 2. The molecule has 10 heteroatoms. The first kappa shape index (κ1) is 28.7. The zero-order valence-electron chi connectivity index (χ0n) is 21.9. The third kappa shape index (κ3) is 8.28. The van der Waals surface area contributed by atoms with Crippen LogP contribution in [0.4, 0.5) is 18.0 Å². The summed E-state index contributed by atoms with van der Waals surface area (Å²) in [5, 5.41) is 5.61. The molecular weight excluding hydrogens is 463 g/mol. The van der Waals surface area contributed by atoms with Gasteiger partial charge in [-0.05, 0) is 72.8 Å². The first-order valence-corrected chi connectivity index (χ1v) is 11.9. The van der Waals surface area contributed by atoms with Crippen LogP contribution >= 0.6 is 0 Å². The number of nitrogens with zero attached hydrogens (tertiary/aromatic N) is 1. The third-order valence-electron chi connectivity index (χ3n) is 5.85. The fourth-order valence-electron chi connectivity index (χ4n) is 4.19. The summed E-state index contributed by atoms with van der Waals surface area (Å²) < 4.78 is 51.1. The minimum Gasteiger partial charge on any atom is -0.472 e. The molecule has 0 aliphatic heterocycles. The number of carbonyl (C=O) groups is 2. The van der Waals surface area contributed by atoms with E-state index in [1.54, 1.807) is 41.5 Å². The van der Waals surface area contributed by atoms with E-state index in [9.17, 15) is 22.8 Å². The number of carbonyl (C=O) groups excluding carboxylic acids is 2. The molecule has 2 rings (SSSR count). The molecule has 0 saturated heterocycles. The highest BCUT2D eigenvalue weighted by Gasteiger charge is 2.48. The highest BCUT2D eigenvalue weighted by Crippen LogP contribution is 2.45. The van der Waals surface area contributed by atoms with Crippen LogP contribution in [0.25, 0.3) is 0 Å². The highest BCUT2D eigenvalue weighted by molar-refractivity contribution is 5.83. The topological polar surface area (TPSA) is 89.5 Å². The summed E-state index contributed by atoms with van der Waals surface area (Å²) in [4.78, 5) is 29.7. The number of rotatable bonds is 6. The van der Waals surface area contributed by atoms with E-state index in [-0.39, 0.29) is 36.0 Å². The summed E-state index contributed by atoms with van der Waals surface area (Å²) in [6.07, 6.45) is -3.59. The van der Waals surface area contributed by atoms with Gasteiger partial charge >= 0.3 is 12.3 Å². The third-order valence-corrected chi connectivity index (χ3v) is 5.85. The normalized spacial score (nSPS) is 21.1. The molecule has 2 atom stereocenters. The number of hydrogen-bond donors (Lipinski definition) is 2. The molecule has 1 aromatic heterocycles. The standard InChI is InChI=1S/C25H38F3N3O4/c1-15(2)24(10-9-17(13-24)31-21(33)35-23(6,7)8)20(32)29-14-18-11-16(25(26,27)28)12-19(30-18)34-22(3,4)5/h11-12,15,17H,9-10,13-14H2,1-8H3,(H,29,32)(H,31,33). The number of hydrogen-bond acceptors (Lipinski definition) is 5.